The topological polar surface area (TPSA) is 208 Å². The quantitative estimate of drug-likeness (QED) is 0.104. The molecule has 5 rings (SSSR count). The van der Waals surface area contributed by atoms with Crippen molar-refractivity contribution in [1.29, 1.82) is 0 Å². The Hall–Kier alpha value is -4.57. The van der Waals surface area contributed by atoms with Gasteiger partial charge in [0.2, 0.25) is 0 Å². The predicted octanol–water partition coefficient (Wildman–Crippen LogP) is 0.990. The molecule has 0 unspecified atom stereocenters. The number of ether oxygens (including phenoxy) is 6. The third-order valence-electron chi connectivity index (χ3n) is 7.92. The lowest BCUT2D eigenvalue weighted by Gasteiger charge is -2.46. The largest absolute Gasteiger partial charge is 0.508 e. The van der Waals surface area contributed by atoms with Gasteiger partial charge in [0, 0.05) is 12.2 Å². The molecule has 256 valence electrons. The minimum Gasteiger partial charge on any atom is -0.508 e. The van der Waals surface area contributed by atoms with Crippen molar-refractivity contribution >= 4 is 30.1 Å². The van der Waals surface area contributed by atoms with E-state index in [0.717, 1.165) is 6.08 Å². The van der Waals surface area contributed by atoms with E-state index in [1.165, 1.54) is 48.6 Å². The van der Waals surface area contributed by atoms with Gasteiger partial charge in [0.15, 0.2) is 6.29 Å². The molecule has 2 aromatic carbocycles. The third kappa shape index (κ3) is 8.66. The molecule has 9 atom stereocenters. The van der Waals surface area contributed by atoms with Crippen LogP contribution in [0, 0.1) is 5.92 Å². The molecular weight excluding hydrogens is 632 g/mol. The normalized spacial score (nSPS) is 30.6. The SMILES string of the molecule is C/C(=C\[C@@H]1OC(=O)[C@H]([C@@H]2CO[C@@H]3O[C@H](COC(=O)/C=C/c4ccc(O)cc4)[C@H](O)[C@H](O)[C@@H]3O2)[C@H]1O)COC(=O)/C=C/c1ccc(O)cc1. The summed E-state index contributed by atoms with van der Waals surface area (Å²) >= 11 is 0. The molecule has 3 fully saturated rings. The second-order valence-corrected chi connectivity index (χ2v) is 11.5. The van der Waals surface area contributed by atoms with E-state index in [4.69, 9.17) is 28.4 Å². The van der Waals surface area contributed by atoms with Gasteiger partial charge in [-0.1, -0.05) is 24.3 Å². The number of carbonyl (C=O) groups excluding carboxylic acids is 3. The van der Waals surface area contributed by atoms with Gasteiger partial charge >= 0.3 is 17.9 Å². The van der Waals surface area contributed by atoms with Crippen molar-refractivity contribution in [2.24, 2.45) is 5.92 Å². The second-order valence-electron chi connectivity index (χ2n) is 11.5. The molecule has 5 N–H and O–H groups in total. The summed E-state index contributed by atoms with van der Waals surface area (Å²) < 4.78 is 33.0. The zero-order chi connectivity index (χ0) is 34.4. The average Bonchev–Trinajstić information content (AvgIpc) is 3.35. The lowest BCUT2D eigenvalue weighted by Crippen LogP contribution is -2.64. The van der Waals surface area contributed by atoms with E-state index < -0.39 is 79.5 Å². The van der Waals surface area contributed by atoms with Crippen LogP contribution in [0.2, 0.25) is 0 Å². The maximum Gasteiger partial charge on any atom is 0.331 e. The standard InChI is InChI=1S/C34H36O14/c1-18(15-43-26(37)12-6-19-2-8-21(35)9-3-19)14-23-29(39)28(33(42)47-23)24-16-45-34-32(46-24)31(41)30(40)25(48-34)17-44-27(38)13-7-20-4-10-22(36)11-5-20/h2-14,23-25,28-32,34-36,39-41H,15-17H2,1H3/b12-6+,13-7+,18-14+/t23-,24-,25+,28+,29-,30-,31-,32-,34+/m0/s1. The Balaban J connectivity index is 1.10. The number of hydrogen-bond donors (Lipinski definition) is 5. The number of carbonyl (C=O) groups is 3. The van der Waals surface area contributed by atoms with Gasteiger partial charge in [-0.3, -0.25) is 4.79 Å². The van der Waals surface area contributed by atoms with Crippen LogP contribution in [-0.2, 0) is 42.8 Å². The molecule has 0 aliphatic carbocycles. The Morgan fingerprint density at radius 3 is 2.02 bits per heavy atom. The summed E-state index contributed by atoms with van der Waals surface area (Å²) in [4.78, 5) is 37.1. The highest BCUT2D eigenvalue weighted by molar-refractivity contribution is 5.87. The van der Waals surface area contributed by atoms with Crippen LogP contribution >= 0.6 is 0 Å². The zero-order valence-electron chi connectivity index (χ0n) is 25.7. The molecule has 0 saturated carbocycles. The van der Waals surface area contributed by atoms with Crippen molar-refractivity contribution in [3.63, 3.8) is 0 Å². The van der Waals surface area contributed by atoms with Gasteiger partial charge in [-0.25, -0.2) is 9.59 Å². The van der Waals surface area contributed by atoms with Crippen LogP contribution < -0.4 is 0 Å². The molecule has 3 saturated heterocycles. The molecule has 3 aliphatic rings. The van der Waals surface area contributed by atoms with Crippen LogP contribution in [0.25, 0.3) is 12.2 Å². The second kappa shape index (κ2) is 15.6. The molecule has 0 amide bonds. The highest BCUT2D eigenvalue weighted by Crippen LogP contribution is 2.35. The lowest BCUT2D eigenvalue weighted by atomic mass is 9.92. The fourth-order valence-corrected chi connectivity index (χ4v) is 5.35. The number of phenols is 2. The van der Waals surface area contributed by atoms with E-state index in [9.17, 15) is 39.9 Å². The van der Waals surface area contributed by atoms with Gasteiger partial charge < -0.3 is 54.0 Å². The van der Waals surface area contributed by atoms with Crippen molar-refractivity contribution < 1.29 is 68.3 Å². The fourth-order valence-electron chi connectivity index (χ4n) is 5.35. The van der Waals surface area contributed by atoms with E-state index in [-0.39, 0.29) is 24.7 Å². The van der Waals surface area contributed by atoms with Gasteiger partial charge in [-0.05, 0) is 66.1 Å². The number of phenolic OH excluding ortho intramolecular Hbond substituents is 2. The molecule has 3 heterocycles. The predicted molar refractivity (Wildman–Crippen MR) is 165 cm³/mol. The average molecular weight is 669 g/mol. The maximum absolute atomic E-state index is 12.8. The van der Waals surface area contributed by atoms with Crippen molar-refractivity contribution in [3.8, 4) is 11.5 Å². The minimum absolute atomic E-state index is 0.0800. The van der Waals surface area contributed by atoms with E-state index in [1.807, 2.05) is 0 Å². The Bertz CT molecular complexity index is 1530. The first kappa shape index (κ1) is 34.8. The van der Waals surface area contributed by atoms with Crippen molar-refractivity contribution in [2.45, 2.75) is 55.9 Å². The zero-order valence-corrected chi connectivity index (χ0v) is 25.7. The number of cyclic esters (lactones) is 1. The van der Waals surface area contributed by atoms with E-state index in [2.05, 4.69) is 0 Å². The Kier molecular flexibility index (Phi) is 11.3. The molecule has 48 heavy (non-hydrogen) atoms. The van der Waals surface area contributed by atoms with Crippen LogP contribution in [0.5, 0.6) is 11.5 Å². The molecule has 0 radical (unpaired) electrons. The van der Waals surface area contributed by atoms with Crippen LogP contribution in [0.4, 0.5) is 0 Å². The highest BCUT2D eigenvalue weighted by Gasteiger charge is 2.54. The Labute approximate surface area is 275 Å². The molecule has 14 nitrogen and oxygen atoms in total. The third-order valence-corrected chi connectivity index (χ3v) is 7.92. The monoisotopic (exact) mass is 668 g/mol. The summed E-state index contributed by atoms with van der Waals surface area (Å²) in [5.74, 6) is -3.14. The van der Waals surface area contributed by atoms with Gasteiger partial charge in [0.1, 0.15) is 67.3 Å². The lowest BCUT2D eigenvalue weighted by molar-refractivity contribution is -0.353. The number of esters is 3. The fraction of sp³-hybridized carbons (Fsp3) is 0.382. The van der Waals surface area contributed by atoms with Crippen molar-refractivity contribution in [3.05, 3.63) is 83.5 Å². The number of benzene rings is 2. The summed E-state index contributed by atoms with van der Waals surface area (Å²) in [5, 5.41) is 51.1. The first-order valence-corrected chi connectivity index (χ1v) is 15.1. The number of aliphatic hydroxyl groups excluding tert-OH is 3. The van der Waals surface area contributed by atoms with Crippen LogP contribution in [-0.4, -0.2) is 112 Å². The minimum atomic E-state index is -1.55. The first-order valence-electron chi connectivity index (χ1n) is 15.1. The number of hydrogen-bond acceptors (Lipinski definition) is 14. The molecule has 3 aliphatic heterocycles. The van der Waals surface area contributed by atoms with Crippen molar-refractivity contribution in [1.82, 2.24) is 0 Å². The Morgan fingerprint density at radius 2 is 1.42 bits per heavy atom. The smallest absolute Gasteiger partial charge is 0.331 e. The number of rotatable bonds is 10. The summed E-state index contributed by atoms with van der Waals surface area (Å²) in [6.45, 7) is 0.872. The summed E-state index contributed by atoms with van der Waals surface area (Å²) in [6, 6.07) is 12.3. The number of fused-ring (bicyclic) bond motifs is 1. The van der Waals surface area contributed by atoms with Crippen LogP contribution in [0.3, 0.4) is 0 Å². The van der Waals surface area contributed by atoms with Crippen LogP contribution in [0.1, 0.15) is 18.1 Å². The van der Waals surface area contributed by atoms with E-state index >= 15 is 0 Å². The molecular formula is C34H36O14. The molecule has 14 heteroatoms. The number of aromatic hydroxyl groups is 2. The summed E-state index contributed by atoms with van der Waals surface area (Å²) in [7, 11) is 0. The Morgan fingerprint density at radius 1 is 0.833 bits per heavy atom. The highest BCUT2D eigenvalue weighted by atomic mass is 16.7. The summed E-state index contributed by atoms with van der Waals surface area (Å²) in [6.07, 6.45) is -3.29. The van der Waals surface area contributed by atoms with E-state index in [0.29, 0.717) is 16.7 Å². The van der Waals surface area contributed by atoms with Gasteiger partial charge in [-0.15, -0.1) is 0 Å². The summed E-state index contributed by atoms with van der Waals surface area (Å²) in [5.41, 5.74) is 1.83. The van der Waals surface area contributed by atoms with Gasteiger partial charge in [0.05, 0.1) is 12.7 Å². The van der Waals surface area contributed by atoms with Gasteiger partial charge in [-0.2, -0.15) is 0 Å². The van der Waals surface area contributed by atoms with Gasteiger partial charge in [0.25, 0.3) is 0 Å². The van der Waals surface area contributed by atoms with Crippen molar-refractivity contribution in [2.75, 3.05) is 19.8 Å². The molecule has 2 aromatic rings. The first-order chi connectivity index (χ1) is 23.0. The molecule has 0 aromatic heterocycles. The van der Waals surface area contributed by atoms with Crippen LogP contribution in [0.15, 0.2) is 72.3 Å². The molecule has 0 spiro atoms. The van der Waals surface area contributed by atoms with E-state index in [1.54, 1.807) is 31.2 Å². The molecule has 0 bridgehead atoms. The number of aliphatic hydroxyl groups is 3. The maximum atomic E-state index is 12.8.